The third-order valence-corrected chi connectivity index (χ3v) is 2.68. The van der Waals surface area contributed by atoms with Gasteiger partial charge in [-0.1, -0.05) is 0 Å². The highest BCUT2D eigenvalue weighted by Crippen LogP contribution is 2.21. The number of hydrogen-bond donors (Lipinski definition) is 1. The Hall–Kier alpha value is -3.03. The van der Waals surface area contributed by atoms with Crippen molar-refractivity contribution in [1.82, 2.24) is 19.5 Å². The molecule has 1 N–H and O–H groups in total. The number of rotatable bonds is 2. The van der Waals surface area contributed by atoms with E-state index in [1.54, 1.807) is 18.2 Å². The van der Waals surface area contributed by atoms with Gasteiger partial charge in [-0.2, -0.15) is 0 Å². The summed E-state index contributed by atoms with van der Waals surface area (Å²) in [5.41, 5.74) is 0.622. The Balaban J connectivity index is 2.39. The normalized spacial score (nSPS) is 10.7. The SMILES string of the molecule is O=c1[nH]c2c([N+](=O)[O-])nccc2n1-c1ccncc1. The second-order valence-electron chi connectivity index (χ2n) is 3.76. The van der Waals surface area contributed by atoms with E-state index in [4.69, 9.17) is 0 Å². The summed E-state index contributed by atoms with van der Waals surface area (Å²) < 4.78 is 1.34. The van der Waals surface area contributed by atoms with Gasteiger partial charge >= 0.3 is 11.5 Å². The fourth-order valence-electron chi connectivity index (χ4n) is 1.91. The van der Waals surface area contributed by atoms with Crippen LogP contribution in [0.25, 0.3) is 16.7 Å². The molecule has 0 aliphatic heterocycles. The largest absolute Gasteiger partial charge is 0.389 e. The first-order chi connectivity index (χ1) is 9.18. The maximum Gasteiger partial charge on any atom is 0.389 e. The van der Waals surface area contributed by atoms with Crippen molar-refractivity contribution in [1.29, 1.82) is 0 Å². The van der Waals surface area contributed by atoms with Crippen LogP contribution in [0.1, 0.15) is 0 Å². The van der Waals surface area contributed by atoms with Crippen LogP contribution in [-0.2, 0) is 0 Å². The number of nitro groups is 1. The van der Waals surface area contributed by atoms with Crippen LogP contribution in [0.3, 0.4) is 0 Å². The van der Waals surface area contributed by atoms with Crippen molar-refractivity contribution in [3.8, 4) is 5.69 Å². The van der Waals surface area contributed by atoms with E-state index < -0.39 is 10.6 Å². The first-order valence-electron chi connectivity index (χ1n) is 5.33. The number of aromatic nitrogens is 4. The van der Waals surface area contributed by atoms with Crippen LogP contribution in [-0.4, -0.2) is 24.4 Å². The summed E-state index contributed by atoms with van der Waals surface area (Å²) in [5, 5.41) is 10.9. The summed E-state index contributed by atoms with van der Waals surface area (Å²) in [6.45, 7) is 0. The van der Waals surface area contributed by atoms with Crippen molar-refractivity contribution in [2.45, 2.75) is 0 Å². The molecule has 0 aliphatic rings. The Bertz CT molecular complexity index is 821. The number of nitrogens with zero attached hydrogens (tertiary/aromatic N) is 4. The average molecular weight is 257 g/mol. The van der Waals surface area contributed by atoms with E-state index in [-0.39, 0.29) is 11.3 Å². The summed E-state index contributed by atoms with van der Waals surface area (Å²) in [4.78, 5) is 32.2. The van der Waals surface area contributed by atoms with Crippen LogP contribution in [0, 0.1) is 10.1 Å². The molecule has 3 rings (SSSR count). The molecule has 0 bridgehead atoms. The van der Waals surface area contributed by atoms with Gasteiger partial charge in [0.15, 0.2) is 5.52 Å². The van der Waals surface area contributed by atoms with E-state index in [0.717, 1.165) is 0 Å². The highest BCUT2D eigenvalue weighted by molar-refractivity contribution is 5.83. The number of hydrogen-bond acceptors (Lipinski definition) is 5. The molecule has 0 amide bonds. The minimum absolute atomic E-state index is 0.106. The van der Waals surface area contributed by atoms with E-state index in [0.29, 0.717) is 11.2 Å². The van der Waals surface area contributed by atoms with Gasteiger partial charge < -0.3 is 10.1 Å². The first kappa shape index (κ1) is 11.1. The number of aromatic amines is 1. The number of imidazole rings is 1. The summed E-state index contributed by atoms with van der Waals surface area (Å²) >= 11 is 0. The van der Waals surface area contributed by atoms with Crippen LogP contribution in [0.5, 0.6) is 0 Å². The summed E-state index contributed by atoms with van der Waals surface area (Å²) in [6, 6.07) is 4.82. The van der Waals surface area contributed by atoms with Gasteiger partial charge in [0, 0.05) is 18.5 Å². The smallest absolute Gasteiger partial charge is 0.358 e. The molecule has 94 valence electrons. The second kappa shape index (κ2) is 4.02. The topological polar surface area (TPSA) is 107 Å². The van der Waals surface area contributed by atoms with Crippen LogP contribution in [0.2, 0.25) is 0 Å². The Kier molecular flexibility index (Phi) is 2.34. The van der Waals surface area contributed by atoms with Crippen LogP contribution in [0.4, 0.5) is 5.82 Å². The monoisotopic (exact) mass is 257 g/mol. The van der Waals surface area contributed by atoms with Crippen molar-refractivity contribution in [2.24, 2.45) is 0 Å². The highest BCUT2D eigenvalue weighted by atomic mass is 16.6. The average Bonchev–Trinajstić information content (AvgIpc) is 2.75. The van der Waals surface area contributed by atoms with Crippen molar-refractivity contribution >= 4 is 16.9 Å². The lowest BCUT2D eigenvalue weighted by Gasteiger charge is -2.01. The summed E-state index contributed by atoms with van der Waals surface area (Å²) in [5.74, 6) is -0.373. The maximum absolute atomic E-state index is 12.0. The zero-order chi connectivity index (χ0) is 13.4. The molecule has 3 heterocycles. The predicted octanol–water partition coefficient (Wildman–Crippen LogP) is 1.02. The molecule has 3 aromatic heterocycles. The van der Waals surface area contributed by atoms with Gasteiger partial charge in [0.1, 0.15) is 6.20 Å². The van der Waals surface area contributed by atoms with Crippen molar-refractivity contribution in [2.75, 3.05) is 0 Å². The zero-order valence-electron chi connectivity index (χ0n) is 9.48. The predicted molar refractivity (Wildman–Crippen MR) is 66.1 cm³/mol. The molecule has 8 nitrogen and oxygen atoms in total. The molecule has 19 heavy (non-hydrogen) atoms. The first-order valence-corrected chi connectivity index (χ1v) is 5.33. The molecule has 0 saturated heterocycles. The second-order valence-corrected chi connectivity index (χ2v) is 3.76. The molecule has 0 radical (unpaired) electrons. The van der Waals surface area contributed by atoms with Crippen LogP contribution >= 0.6 is 0 Å². The van der Waals surface area contributed by atoms with Gasteiger partial charge in [-0.05, 0) is 22.0 Å². The van der Waals surface area contributed by atoms with E-state index in [9.17, 15) is 14.9 Å². The number of nitrogens with one attached hydrogen (secondary N) is 1. The standard InChI is InChI=1S/C11H7N5O3/c17-11-14-9-8(3-6-13-10(9)16(18)19)15(11)7-1-4-12-5-2-7/h1-6H,(H,14,17). The fourth-order valence-corrected chi connectivity index (χ4v) is 1.91. The van der Waals surface area contributed by atoms with E-state index in [1.807, 2.05) is 0 Å². The third-order valence-electron chi connectivity index (χ3n) is 2.68. The lowest BCUT2D eigenvalue weighted by atomic mass is 10.3. The lowest BCUT2D eigenvalue weighted by Crippen LogP contribution is -2.14. The zero-order valence-corrected chi connectivity index (χ0v) is 9.48. The Morgan fingerprint density at radius 3 is 2.63 bits per heavy atom. The van der Waals surface area contributed by atoms with Crippen molar-refractivity contribution < 1.29 is 4.92 Å². The molecule has 0 saturated carbocycles. The Morgan fingerprint density at radius 2 is 1.95 bits per heavy atom. The maximum atomic E-state index is 12.0. The molecule has 0 aliphatic carbocycles. The lowest BCUT2D eigenvalue weighted by molar-refractivity contribution is -0.387. The molecular weight excluding hydrogens is 250 g/mol. The molecule has 0 atom stereocenters. The van der Waals surface area contributed by atoms with Crippen molar-refractivity contribution in [3.63, 3.8) is 0 Å². The Morgan fingerprint density at radius 1 is 1.21 bits per heavy atom. The number of pyridine rings is 2. The quantitative estimate of drug-likeness (QED) is 0.544. The van der Waals surface area contributed by atoms with Gasteiger partial charge in [-0.25, -0.2) is 4.79 Å². The van der Waals surface area contributed by atoms with E-state index >= 15 is 0 Å². The summed E-state index contributed by atoms with van der Waals surface area (Å²) in [6.07, 6.45) is 4.37. The number of H-pyrrole nitrogens is 1. The van der Waals surface area contributed by atoms with Gasteiger partial charge in [0.2, 0.25) is 0 Å². The van der Waals surface area contributed by atoms with Gasteiger partial charge in [0.05, 0.1) is 11.2 Å². The molecule has 0 unspecified atom stereocenters. The van der Waals surface area contributed by atoms with Crippen LogP contribution < -0.4 is 5.69 Å². The minimum Gasteiger partial charge on any atom is -0.358 e. The minimum atomic E-state index is -0.630. The Labute approximate surface area is 105 Å². The molecule has 3 aromatic rings. The van der Waals surface area contributed by atoms with E-state index in [1.165, 1.54) is 23.2 Å². The molecule has 0 fully saturated rings. The summed E-state index contributed by atoms with van der Waals surface area (Å²) in [7, 11) is 0. The van der Waals surface area contributed by atoms with Gasteiger partial charge in [0.25, 0.3) is 0 Å². The molecule has 0 spiro atoms. The molecule has 8 heteroatoms. The number of fused-ring (bicyclic) bond motifs is 1. The van der Waals surface area contributed by atoms with Gasteiger partial charge in [-0.15, -0.1) is 0 Å². The van der Waals surface area contributed by atoms with E-state index in [2.05, 4.69) is 15.0 Å². The fraction of sp³-hybridized carbons (Fsp3) is 0. The third kappa shape index (κ3) is 1.66. The van der Waals surface area contributed by atoms with Gasteiger partial charge in [-0.3, -0.25) is 14.5 Å². The highest BCUT2D eigenvalue weighted by Gasteiger charge is 2.19. The molecular formula is C11H7N5O3. The van der Waals surface area contributed by atoms with Crippen molar-refractivity contribution in [3.05, 3.63) is 57.4 Å². The molecule has 0 aromatic carbocycles. The van der Waals surface area contributed by atoms with Crippen LogP contribution in [0.15, 0.2) is 41.6 Å².